The first-order valence-electron chi connectivity index (χ1n) is 9.59. The van der Waals surface area contributed by atoms with Gasteiger partial charge in [0.1, 0.15) is 5.60 Å². The Kier molecular flexibility index (Phi) is 5.30. The zero-order valence-electron chi connectivity index (χ0n) is 16.8. The lowest BCUT2D eigenvalue weighted by molar-refractivity contribution is 0.0636. The van der Waals surface area contributed by atoms with Crippen LogP contribution in [0.1, 0.15) is 33.6 Å². The van der Waals surface area contributed by atoms with E-state index in [-0.39, 0.29) is 5.41 Å². The molecule has 1 unspecified atom stereocenters. The van der Waals surface area contributed by atoms with Crippen molar-refractivity contribution in [2.75, 3.05) is 36.5 Å². The molecule has 0 radical (unpaired) electrons. The van der Waals surface area contributed by atoms with Crippen molar-refractivity contribution in [2.24, 2.45) is 5.41 Å². The molecule has 156 valence electrons. The number of ether oxygens (including phenoxy) is 3. The standard InChI is InChI=1S/C19H25N5O4S/c1-18(2,3)28-17(25)23-16-22-10-14(29-16)27-13-8-20-15(21-9-13)24-6-4-19(11-24)5-7-26-12-19/h8-10H,4-7,11-12H2,1-3H3,(H,22,23,25). The van der Waals surface area contributed by atoms with E-state index in [1.54, 1.807) is 33.2 Å². The lowest BCUT2D eigenvalue weighted by Crippen LogP contribution is -2.28. The SMILES string of the molecule is CC(C)(C)OC(=O)Nc1ncc(Oc2cnc(N3CCC4(CCOC4)C3)nc2)s1. The highest BCUT2D eigenvalue weighted by Gasteiger charge is 2.42. The van der Waals surface area contributed by atoms with Crippen LogP contribution in [0.4, 0.5) is 15.9 Å². The normalized spacial score (nSPS) is 21.6. The summed E-state index contributed by atoms with van der Waals surface area (Å²) in [6.07, 6.45) is 6.51. The van der Waals surface area contributed by atoms with E-state index in [1.165, 1.54) is 17.5 Å². The molecule has 2 saturated heterocycles. The number of carbonyl (C=O) groups excluding carboxylic acids is 1. The number of nitrogens with one attached hydrogen (secondary N) is 1. The topological polar surface area (TPSA) is 98.7 Å². The van der Waals surface area contributed by atoms with Crippen molar-refractivity contribution in [2.45, 2.75) is 39.2 Å². The monoisotopic (exact) mass is 419 g/mol. The molecular formula is C19H25N5O4S. The van der Waals surface area contributed by atoms with Crippen molar-refractivity contribution in [3.8, 4) is 10.8 Å². The zero-order chi connectivity index (χ0) is 20.5. The molecule has 29 heavy (non-hydrogen) atoms. The second-order valence-corrected chi connectivity index (χ2v) is 9.40. The third-order valence-electron chi connectivity index (χ3n) is 4.83. The molecule has 10 heteroatoms. The summed E-state index contributed by atoms with van der Waals surface area (Å²) in [7, 11) is 0. The summed E-state index contributed by atoms with van der Waals surface area (Å²) in [5.41, 5.74) is -0.307. The van der Waals surface area contributed by atoms with Gasteiger partial charge in [0.25, 0.3) is 0 Å². The molecule has 2 aromatic rings. The smallest absolute Gasteiger partial charge is 0.413 e. The van der Waals surface area contributed by atoms with Crippen LogP contribution in [0.25, 0.3) is 0 Å². The first kappa shape index (κ1) is 19.8. The van der Waals surface area contributed by atoms with E-state index in [4.69, 9.17) is 14.2 Å². The van der Waals surface area contributed by atoms with Crippen LogP contribution < -0.4 is 15.0 Å². The van der Waals surface area contributed by atoms with Gasteiger partial charge in [-0.25, -0.2) is 19.7 Å². The molecule has 0 bridgehead atoms. The van der Waals surface area contributed by atoms with Gasteiger partial charge in [0.2, 0.25) is 11.0 Å². The Morgan fingerprint density at radius 3 is 2.72 bits per heavy atom. The van der Waals surface area contributed by atoms with Crippen molar-refractivity contribution in [3.05, 3.63) is 18.6 Å². The first-order chi connectivity index (χ1) is 13.8. The average Bonchev–Trinajstić information content (AvgIpc) is 3.38. The molecule has 1 N–H and O–H groups in total. The van der Waals surface area contributed by atoms with Gasteiger partial charge in [0.15, 0.2) is 10.9 Å². The van der Waals surface area contributed by atoms with E-state index in [1.807, 2.05) is 0 Å². The van der Waals surface area contributed by atoms with Crippen molar-refractivity contribution >= 4 is 28.5 Å². The minimum Gasteiger partial charge on any atom is -0.444 e. The molecule has 0 saturated carbocycles. The van der Waals surface area contributed by atoms with Crippen LogP contribution in [-0.4, -0.2) is 52.9 Å². The minimum atomic E-state index is -0.570. The van der Waals surface area contributed by atoms with Crippen LogP contribution in [0.3, 0.4) is 0 Å². The lowest BCUT2D eigenvalue weighted by Gasteiger charge is -2.21. The van der Waals surface area contributed by atoms with Gasteiger partial charge >= 0.3 is 6.09 Å². The Morgan fingerprint density at radius 1 is 1.24 bits per heavy atom. The fourth-order valence-corrected chi connectivity index (χ4v) is 4.15. The first-order valence-corrected chi connectivity index (χ1v) is 10.4. The number of aromatic nitrogens is 3. The highest BCUT2D eigenvalue weighted by molar-refractivity contribution is 7.17. The van der Waals surface area contributed by atoms with Crippen molar-refractivity contribution in [1.29, 1.82) is 0 Å². The Labute approximate surface area is 173 Å². The molecule has 4 rings (SSSR count). The molecule has 2 aliphatic heterocycles. The highest BCUT2D eigenvalue weighted by Crippen LogP contribution is 2.39. The summed E-state index contributed by atoms with van der Waals surface area (Å²) in [6, 6.07) is 0. The second kappa shape index (κ2) is 7.75. The number of amides is 1. The van der Waals surface area contributed by atoms with Crippen LogP contribution in [0.2, 0.25) is 0 Å². The molecule has 1 amide bonds. The summed E-state index contributed by atoms with van der Waals surface area (Å²) >= 11 is 1.20. The second-order valence-electron chi connectivity index (χ2n) is 8.41. The van der Waals surface area contributed by atoms with E-state index < -0.39 is 11.7 Å². The Hall–Kier alpha value is -2.46. The molecule has 2 aromatic heterocycles. The van der Waals surface area contributed by atoms with Gasteiger partial charge < -0.3 is 19.1 Å². The maximum atomic E-state index is 11.8. The Bertz CT molecular complexity index is 858. The molecule has 1 spiro atoms. The summed E-state index contributed by atoms with van der Waals surface area (Å²) in [5, 5.41) is 3.51. The van der Waals surface area contributed by atoms with Crippen LogP contribution in [0, 0.1) is 5.41 Å². The van der Waals surface area contributed by atoms with Gasteiger partial charge in [-0.15, -0.1) is 0 Å². The van der Waals surface area contributed by atoms with Gasteiger partial charge in [0, 0.05) is 25.1 Å². The van der Waals surface area contributed by atoms with Crippen molar-refractivity contribution in [1.82, 2.24) is 15.0 Å². The largest absolute Gasteiger partial charge is 0.444 e. The molecule has 2 aliphatic rings. The van der Waals surface area contributed by atoms with E-state index in [9.17, 15) is 4.79 Å². The lowest BCUT2D eigenvalue weighted by atomic mass is 9.87. The van der Waals surface area contributed by atoms with Crippen LogP contribution in [-0.2, 0) is 9.47 Å². The zero-order valence-corrected chi connectivity index (χ0v) is 17.6. The van der Waals surface area contributed by atoms with Gasteiger partial charge in [0.05, 0.1) is 25.2 Å². The van der Waals surface area contributed by atoms with Crippen molar-refractivity contribution in [3.63, 3.8) is 0 Å². The third kappa shape index (κ3) is 4.94. The van der Waals surface area contributed by atoms with Crippen LogP contribution in [0.15, 0.2) is 18.6 Å². The Balaban J connectivity index is 1.32. The summed E-state index contributed by atoms with van der Waals surface area (Å²) in [6.45, 7) is 8.96. The maximum absolute atomic E-state index is 11.8. The molecule has 0 aromatic carbocycles. The molecule has 0 aliphatic carbocycles. The number of carbonyl (C=O) groups is 1. The van der Waals surface area contributed by atoms with E-state index in [0.717, 1.165) is 39.1 Å². The van der Waals surface area contributed by atoms with Crippen LogP contribution >= 0.6 is 11.3 Å². The minimum absolute atomic E-state index is 0.263. The van der Waals surface area contributed by atoms with Gasteiger partial charge in [-0.1, -0.05) is 11.3 Å². The number of rotatable bonds is 4. The summed E-state index contributed by atoms with van der Waals surface area (Å²) in [5.74, 6) is 1.22. The number of anilines is 2. The van der Waals surface area contributed by atoms with Gasteiger partial charge in [-0.2, -0.15) is 0 Å². The number of hydrogen-bond donors (Lipinski definition) is 1. The van der Waals surface area contributed by atoms with Crippen molar-refractivity contribution < 1.29 is 19.0 Å². The summed E-state index contributed by atoms with van der Waals surface area (Å²) < 4.78 is 16.5. The maximum Gasteiger partial charge on any atom is 0.413 e. The molecule has 1 atom stereocenters. The average molecular weight is 420 g/mol. The highest BCUT2D eigenvalue weighted by atomic mass is 32.1. The van der Waals surface area contributed by atoms with Gasteiger partial charge in [-0.05, 0) is 33.6 Å². The fourth-order valence-electron chi connectivity index (χ4n) is 3.47. The van der Waals surface area contributed by atoms with E-state index in [0.29, 0.717) is 21.9 Å². The molecular weight excluding hydrogens is 394 g/mol. The molecule has 2 fully saturated rings. The van der Waals surface area contributed by atoms with E-state index >= 15 is 0 Å². The number of thiazole rings is 1. The summed E-state index contributed by atoms with van der Waals surface area (Å²) in [4.78, 5) is 27.0. The van der Waals surface area contributed by atoms with Gasteiger partial charge in [-0.3, -0.25) is 5.32 Å². The molecule has 4 heterocycles. The predicted octanol–water partition coefficient (Wildman–Crippen LogP) is 3.69. The predicted molar refractivity (Wildman–Crippen MR) is 109 cm³/mol. The Morgan fingerprint density at radius 2 is 2.03 bits per heavy atom. The number of hydrogen-bond acceptors (Lipinski definition) is 9. The molecule has 9 nitrogen and oxygen atoms in total. The quantitative estimate of drug-likeness (QED) is 0.801. The number of nitrogens with zero attached hydrogens (tertiary/aromatic N) is 4. The third-order valence-corrected chi connectivity index (χ3v) is 5.62. The van der Waals surface area contributed by atoms with Crippen LogP contribution in [0.5, 0.6) is 10.8 Å². The fraction of sp³-hybridized carbons (Fsp3) is 0.579. The van der Waals surface area contributed by atoms with E-state index in [2.05, 4.69) is 25.2 Å².